The van der Waals surface area contributed by atoms with Gasteiger partial charge in [0.05, 0.1) is 5.75 Å². The van der Waals surface area contributed by atoms with E-state index in [2.05, 4.69) is 15.9 Å². The van der Waals surface area contributed by atoms with Crippen LogP contribution in [0.3, 0.4) is 0 Å². The van der Waals surface area contributed by atoms with Crippen LogP contribution in [0.2, 0.25) is 10.0 Å². The van der Waals surface area contributed by atoms with Gasteiger partial charge in [-0.3, -0.25) is 4.79 Å². The Bertz CT molecular complexity index is 594. The molecule has 0 aliphatic rings. The molecule has 104 valence electrons. The Labute approximate surface area is 140 Å². The summed E-state index contributed by atoms with van der Waals surface area (Å²) in [4.78, 5) is 13.1. The second-order valence-electron chi connectivity index (χ2n) is 4.16. The molecule has 20 heavy (non-hydrogen) atoms. The molecule has 0 saturated carbocycles. The van der Waals surface area contributed by atoms with E-state index in [1.165, 1.54) is 11.8 Å². The molecule has 0 aliphatic carbocycles. The van der Waals surface area contributed by atoms with Crippen LogP contribution in [0, 0.1) is 0 Å². The molecule has 0 bridgehead atoms. The van der Waals surface area contributed by atoms with Crippen molar-refractivity contribution in [1.82, 2.24) is 0 Å². The Balaban J connectivity index is 1.94. The highest BCUT2D eigenvalue weighted by Gasteiger charge is 2.11. The van der Waals surface area contributed by atoms with Gasteiger partial charge in [-0.05, 0) is 42.0 Å². The molecule has 0 atom stereocenters. The number of thioether (sulfide) groups is 1. The summed E-state index contributed by atoms with van der Waals surface area (Å²) in [6.45, 7) is 0. The summed E-state index contributed by atoms with van der Waals surface area (Å²) < 4.78 is 1.02. The minimum Gasteiger partial charge on any atom is -0.298 e. The molecule has 0 aromatic heterocycles. The first-order valence-electron chi connectivity index (χ1n) is 5.89. The van der Waals surface area contributed by atoms with Crippen molar-refractivity contribution in [1.29, 1.82) is 0 Å². The lowest BCUT2D eigenvalue weighted by molar-refractivity contribution is -0.116. The van der Waals surface area contributed by atoms with Crippen LogP contribution in [0.5, 0.6) is 0 Å². The molecule has 0 N–H and O–H groups in total. The Morgan fingerprint density at radius 3 is 2.25 bits per heavy atom. The first-order chi connectivity index (χ1) is 9.56. The zero-order chi connectivity index (χ0) is 14.5. The third-order valence-electron chi connectivity index (χ3n) is 2.65. The van der Waals surface area contributed by atoms with Crippen LogP contribution in [-0.2, 0) is 11.2 Å². The smallest absolute Gasteiger partial charge is 0.147 e. The highest BCUT2D eigenvalue weighted by atomic mass is 79.9. The van der Waals surface area contributed by atoms with Gasteiger partial charge in [0, 0.05) is 25.8 Å². The van der Waals surface area contributed by atoms with Gasteiger partial charge in [0.1, 0.15) is 5.78 Å². The highest BCUT2D eigenvalue weighted by molar-refractivity contribution is 9.10. The molecule has 0 heterocycles. The van der Waals surface area contributed by atoms with Crippen molar-refractivity contribution in [3.8, 4) is 0 Å². The van der Waals surface area contributed by atoms with Crippen molar-refractivity contribution in [3.05, 3.63) is 62.5 Å². The molecule has 0 amide bonds. The van der Waals surface area contributed by atoms with E-state index in [0.717, 1.165) is 9.37 Å². The average Bonchev–Trinajstić information content (AvgIpc) is 2.42. The Kier molecular flexibility index (Phi) is 5.97. The quantitative estimate of drug-likeness (QED) is 0.613. The SMILES string of the molecule is O=C(CSc1ccc(Br)cc1)Cc1c(Cl)cccc1Cl. The predicted molar refractivity (Wildman–Crippen MR) is 90.0 cm³/mol. The lowest BCUT2D eigenvalue weighted by Gasteiger charge is -2.06. The number of benzene rings is 2. The van der Waals surface area contributed by atoms with E-state index < -0.39 is 0 Å². The minimum absolute atomic E-state index is 0.105. The summed E-state index contributed by atoms with van der Waals surface area (Å²) in [7, 11) is 0. The van der Waals surface area contributed by atoms with Gasteiger partial charge in [0.2, 0.25) is 0 Å². The molecule has 2 aromatic rings. The summed E-state index contributed by atoms with van der Waals surface area (Å²) in [5, 5.41) is 1.08. The van der Waals surface area contributed by atoms with Crippen molar-refractivity contribution in [2.45, 2.75) is 11.3 Å². The van der Waals surface area contributed by atoms with E-state index in [1.807, 2.05) is 24.3 Å². The maximum atomic E-state index is 12.0. The predicted octanol–water partition coefficient (Wildman–Crippen LogP) is 5.66. The van der Waals surface area contributed by atoms with Crippen molar-refractivity contribution in [3.63, 3.8) is 0 Å². The van der Waals surface area contributed by atoms with Gasteiger partial charge < -0.3 is 0 Å². The summed E-state index contributed by atoms with van der Waals surface area (Å²) in [5.41, 5.74) is 0.706. The van der Waals surface area contributed by atoms with Gasteiger partial charge in [-0.15, -0.1) is 11.8 Å². The fourth-order valence-corrected chi connectivity index (χ4v) is 3.20. The van der Waals surface area contributed by atoms with Crippen molar-refractivity contribution in [2.24, 2.45) is 0 Å². The number of ketones is 1. The molecule has 0 spiro atoms. The molecule has 0 radical (unpaired) electrons. The number of carbonyl (C=O) groups excluding carboxylic acids is 1. The standard InChI is InChI=1S/C15H11BrCl2OS/c16-10-4-6-12(7-5-10)20-9-11(19)8-13-14(17)2-1-3-15(13)18/h1-7H,8-9H2. The molecule has 2 aromatic carbocycles. The fraction of sp³-hybridized carbons (Fsp3) is 0.133. The van der Waals surface area contributed by atoms with Crippen molar-refractivity contribution >= 4 is 56.7 Å². The van der Waals surface area contributed by atoms with Gasteiger partial charge in [0.25, 0.3) is 0 Å². The maximum Gasteiger partial charge on any atom is 0.147 e. The Morgan fingerprint density at radius 2 is 1.65 bits per heavy atom. The lowest BCUT2D eigenvalue weighted by atomic mass is 10.1. The van der Waals surface area contributed by atoms with Crippen LogP contribution in [0.4, 0.5) is 0 Å². The number of rotatable bonds is 5. The second-order valence-corrected chi connectivity index (χ2v) is 6.94. The van der Waals surface area contributed by atoms with E-state index >= 15 is 0 Å². The van der Waals surface area contributed by atoms with E-state index in [1.54, 1.807) is 18.2 Å². The number of halogens is 3. The molecule has 0 unspecified atom stereocenters. The largest absolute Gasteiger partial charge is 0.298 e. The first kappa shape index (κ1) is 15.9. The van der Waals surface area contributed by atoms with E-state index in [-0.39, 0.29) is 12.2 Å². The Morgan fingerprint density at radius 1 is 1.05 bits per heavy atom. The van der Waals surface area contributed by atoms with E-state index in [4.69, 9.17) is 23.2 Å². The van der Waals surface area contributed by atoms with Gasteiger partial charge in [0.15, 0.2) is 0 Å². The van der Waals surface area contributed by atoms with Crippen molar-refractivity contribution in [2.75, 3.05) is 5.75 Å². The van der Waals surface area contributed by atoms with E-state index in [0.29, 0.717) is 21.4 Å². The summed E-state index contributed by atoms with van der Waals surface area (Å²) in [6, 6.07) is 13.1. The number of hydrogen-bond donors (Lipinski definition) is 0. The van der Waals surface area contributed by atoms with Gasteiger partial charge >= 0.3 is 0 Å². The zero-order valence-corrected chi connectivity index (χ0v) is 14.3. The third kappa shape index (κ3) is 4.52. The molecule has 0 saturated heterocycles. The van der Waals surface area contributed by atoms with Crippen LogP contribution in [0.1, 0.15) is 5.56 Å². The van der Waals surface area contributed by atoms with Crippen molar-refractivity contribution < 1.29 is 4.79 Å². The maximum absolute atomic E-state index is 12.0. The minimum atomic E-state index is 0.105. The van der Waals surface area contributed by atoms with Crippen LogP contribution >= 0.6 is 50.9 Å². The molecule has 0 fully saturated rings. The topological polar surface area (TPSA) is 17.1 Å². The molecule has 0 aliphatic heterocycles. The van der Waals surface area contributed by atoms with Gasteiger partial charge in [-0.25, -0.2) is 0 Å². The molecule has 5 heteroatoms. The molecule has 2 rings (SSSR count). The molecular weight excluding hydrogens is 379 g/mol. The summed E-state index contributed by atoms with van der Waals surface area (Å²) in [6.07, 6.45) is 0.266. The van der Waals surface area contributed by atoms with Crippen LogP contribution in [0.15, 0.2) is 51.8 Å². The van der Waals surface area contributed by atoms with Crippen LogP contribution in [-0.4, -0.2) is 11.5 Å². The number of Topliss-reactive ketones (excluding diaryl/α,β-unsaturated/α-hetero) is 1. The van der Waals surface area contributed by atoms with Gasteiger partial charge in [-0.1, -0.05) is 45.2 Å². The average molecular weight is 390 g/mol. The van der Waals surface area contributed by atoms with Crippen LogP contribution < -0.4 is 0 Å². The number of hydrogen-bond acceptors (Lipinski definition) is 2. The monoisotopic (exact) mass is 388 g/mol. The summed E-state index contributed by atoms with van der Waals surface area (Å²) >= 11 is 17.0. The Hall–Kier alpha value is -0.480. The summed E-state index contributed by atoms with van der Waals surface area (Å²) in [5.74, 6) is 0.510. The fourth-order valence-electron chi connectivity index (χ4n) is 1.64. The van der Waals surface area contributed by atoms with E-state index in [9.17, 15) is 4.79 Å². The second kappa shape index (κ2) is 7.51. The third-order valence-corrected chi connectivity index (χ3v) is 4.96. The highest BCUT2D eigenvalue weighted by Crippen LogP contribution is 2.26. The first-order valence-corrected chi connectivity index (χ1v) is 8.42. The molecule has 1 nitrogen and oxygen atoms in total. The van der Waals surface area contributed by atoms with Crippen LogP contribution in [0.25, 0.3) is 0 Å². The lowest BCUT2D eigenvalue weighted by Crippen LogP contribution is -2.06. The van der Waals surface area contributed by atoms with Gasteiger partial charge in [-0.2, -0.15) is 0 Å². The molecular formula is C15H11BrCl2OS. The zero-order valence-electron chi connectivity index (χ0n) is 10.4. The number of carbonyl (C=O) groups is 1. The normalized spacial score (nSPS) is 10.6.